The molecule has 2 unspecified atom stereocenters. The molecule has 0 saturated heterocycles. The summed E-state index contributed by atoms with van der Waals surface area (Å²) in [6, 6.07) is 3.92. The molecule has 4 N–H and O–H groups in total. The van der Waals surface area contributed by atoms with Crippen LogP contribution in [0.15, 0.2) is 23.1 Å². The molecule has 2 atom stereocenters. The molecule has 0 heterocycles. The molecule has 1 aromatic rings. The van der Waals surface area contributed by atoms with E-state index in [9.17, 15) is 13.2 Å². The Morgan fingerprint density at radius 2 is 2.10 bits per heavy atom. The first-order chi connectivity index (χ1) is 9.33. The first kappa shape index (κ1) is 14.8. The second kappa shape index (κ2) is 5.39. The van der Waals surface area contributed by atoms with Crippen LogP contribution >= 0.6 is 0 Å². The Morgan fingerprint density at radius 3 is 2.60 bits per heavy atom. The lowest BCUT2D eigenvalue weighted by Crippen LogP contribution is -2.29. The highest BCUT2D eigenvalue weighted by atomic mass is 32.2. The van der Waals surface area contributed by atoms with Gasteiger partial charge in [0.15, 0.2) is 0 Å². The summed E-state index contributed by atoms with van der Waals surface area (Å²) in [7, 11) is -2.21. The number of carbonyl (C=O) groups excluding carboxylic acids is 1. The summed E-state index contributed by atoms with van der Waals surface area (Å²) in [6.07, 6.45) is 0.633. The fourth-order valence-electron chi connectivity index (χ4n) is 1.76. The first-order valence-corrected chi connectivity index (χ1v) is 7.55. The van der Waals surface area contributed by atoms with E-state index in [1.807, 2.05) is 0 Å². The molecule has 1 fully saturated rings. The average molecular weight is 299 g/mol. The number of ether oxygens (including phenoxy) is 1. The number of rotatable bonds is 5. The van der Waals surface area contributed by atoms with E-state index >= 15 is 0 Å². The van der Waals surface area contributed by atoms with Gasteiger partial charge in [0.25, 0.3) is 0 Å². The van der Waals surface area contributed by atoms with Crippen molar-refractivity contribution in [2.75, 3.05) is 12.4 Å². The third kappa shape index (κ3) is 3.27. The van der Waals surface area contributed by atoms with Gasteiger partial charge in [-0.1, -0.05) is 0 Å². The van der Waals surface area contributed by atoms with E-state index < -0.39 is 10.0 Å². The lowest BCUT2D eigenvalue weighted by molar-refractivity contribution is -0.114. The largest absolute Gasteiger partial charge is 0.495 e. The SMILES string of the molecule is COc1ccc(S(=O)(=O)NC2CC2N)cc1NC(C)=O. The summed E-state index contributed by atoms with van der Waals surface area (Å²) in [5.41, 5.74) is 5.90. The molecular formula is C12H17N3O4S. The molecule has 20 heavy (non-hydrogen) atoms. The number of sulfonamides is 1. The van der Waals surface area contributed by atoms with Crippen molar-refractivity contribution in [2.24, 2.45) is 5.73 Å². The number of nitrogens with one attached hydrogen (secondary N) is 2. The van der Waals surface area contributed by atoms with E-state index in [0.717, 1.165) is 0 Å². The minimum Gasteiger partial charge on any atom is -0.495 e. The fraction of sp³-hybridized carbons (Fsp3) is 0.417. The van der Waals surface area contributed by atoms with Crippen LogP contribution < -0.4 is 20.5 Å². The molecule has 7 nitrogen and oxygen atoms in total. The number of carbonyl (C=O) groups is 1. The van der Waals surface area contributed by atoms with Crippen molar-refractivity contribution in [1.82, 2.24) is 4.72 Å². The maximum atomic E-state index is 12.1. The van der Waals surface area contributed by atoms with Crippen molar-refractivity contribution in [3.05, 3.63) is 18.2 Å². The number of amides is 1. The minimum atomic E-state index is -3.65. The zero-order chi connectivity index (χ0) is 14.9. The third-order valence-corrected chi connectivity index (χ3v) is 4.43. The smallest absolute Gasteiger partial charge is 0.240 e. The van der Waals surface area contributed by atoms with Gasteiger partial charge in [-0.25, -0.2) is 13.1 Å². The normalized spacial score (nSPS) is 21.4. The van der Waals surface area contributed by atoms with Crippen molar-refractivity contribution in [2.45, 2.75) is 30.3 Å². The topological polar surface area (TPSA) is 111 Å². The molecule has 2 rings (SSSR count). The van der Waals surface area contributed by atoms with Crippen molar-refractivity contribution < 1.29 is 17.9 Å². The van der Waals surface area contributed by atoms with Crippen LogP contribution in [0.2, 0.25) is 0 Å². The molecule has 1 saturated carbocycles. The van der Waals surface area contributed by atoms with Gasteiger partial charge in [0.05, 0.1) is 17.7 Å². The molecule has 1 amide bonds. The second-order valence-corrected chi connectivity index (χ2v) is 6.38. The Hall–Kier alpha value is -1.64. The molecule has 0 aliphatic heterocycles. The second-order valence-electron chi connectivity index (χ2n) is 4.67. The van der Waals surface area contributed by atoms with Gasteiger partial charge in [-0.2, -0.15) is 0 Å². The van der Waals surface area contributed by atoms with Crippen molar-refractivity contribution in [1.29, 1.82) is 0 Å². The van der Waals surface area contributed by atoms with Crippen LogP contribution in [-0.4, -0.2) is 33.5 Å². The third-order valence-electron chi connectivity index (χ3n) is 2.94. The van der Waals surface area contributed by atoms with Crippen LogP contribution in [0.4, 0.5) is 5.69 Å². The maximum Gasteiger partial charge on any atom is 0.240 e. The Labute approximate surface area is 117 Å². The highest BCUT2D eigenvalue weighted by Gasteiger charge is 2.37. The quantitative estimate of drug-likeness (QED) is 0.710. The van der Waals surface area contributed by atoms with E-state index in [0.29, 0.717) is 17.9 Å². The molecule has 0 bridgehead atoms. The van der Waals surface area contributed by atoms with E-state index in [1.165, 1.54) is 32.2 Å². The number of benzene rings is 1. The monoisotopic (exact) mass is 299 g/mol. The van der Waals surface area contributed by atoms with E-state index in [1.54, 1.807) is 0 Å². The summed E-state index contributed by atoms with van der Waals surface area (Å²) in [5.74, 6) is 0.0808. The van der Waals surface area contributed by atoms with Crippen LogP contribution in [0.25, 0.3) is 0 Å². The fourth-order valence-corrected chi connectivity index (χ4v) is 3.08. The van der Waals surface area contributed by atoms with Gasteiger partial charge in [-0.3, -0.25) is 4.79 Å². The van der Waals surface area contributed by atoms with E-state index in [2.05, 4.69) is 10.0 Å². The molecule has 8 heteroatoms. The molecule has 0 spiro atoms. The Morgan fingerprint density at radius 1 is 1.45 bits per heavy atom. The average Bonchev–Trinajstić information content (AvgIpc) is 3.03. The maximum absolute atomic E-state index is 12.1. The lowest BCUT2D eigenvalue weighted by Gasteiger charge is -2.12. The predicted molar refractivity (Wildman–Crippen MR) is 74.0 cm³/mol. The predicted octanol–water partition coefficient (Wildman–Crippen LogP) is 0.0315. The zero-order valence-corrected chi connectivity index (χ0v) is 12.0. The van der Waals surface area contributed by atoms with Gasteiger partial charge in [0.2, 0.25) is 15.9 Å². The molecule has 110 valence electrons. The standard InChI is InChI=1S/C12H17N3O4S/c1-7(16)14-11-5-8(3-4-12(11)19-2)20(17,18)15-10-6-9(10)13/h3-5,9-10,15H,6,13H2,1-2H3,(H,14,16). The van der Waals surface area contributed by atoms with Crippen LogP contribution in [0.1, 0.15) is 13.3 Å². The van der Waals surface area contributed by atoms with Crippen molar-refractivity contribution in [3.63, 3.8) is 0 Å². The van der Waals surface area contributed by atoms with Gasteiger partial charge in [0.1, 0.15) is 5.75 Å². The number of nitrogens with two attached hydrogens (primary N) is 1. The van der Waals surface area contributed by atoms with Crippen LogP contribution in [0.5, 0.6) is 5.75 Å². The molecule has 1 aliphatic rings. The van der Waals surface area contributed by atoms with E-state index in [-0.39, 0.29) is 22.9 Å². The van der Waals surface area contributed by atoms with Gasteiger partial charge in [-0.15, -0.1) is 0 Å². The molecule has 0 radical (unpaired) electrons. The van der Waals surface area contributed by atoms with Gasteiger partial charge < -0.3 is 15.8 Å². The summed E-state index contributed by atoms with van der Waals surface area (Å²) in [5, 5.41) is 2.53. The highest BCUT2D eigenvalue weighted by Crippen LogP contribution is 2.28. The van der Waals surface area contributed by atoms with Gasteiger partial charge >= 0.3 is 0 Å². The molecule has 1 aliphatic carbocycles. The van der Waals surface area contributed by atoms with Crippen LogP contribution in [0.3, 0.4) is 0 Å². The lowest BCUT2D eigenvalue weighted by atomic mass is 10.3. The first-order valence-electron chi connectivity index (χ1n) is 6.07. The zero-order valence-electron chi connectivity index (χ0n) is 11.2. The molecule has 0 aromatic heterocycles. The summed E-state index contributed by atoms with van der Waals surface area (Å²) >= 11 is 0. The summed E-state index contributed by atoms with van der Waals surface area (Å²) < 4.78 is 31.9. The van der Waals surface area contributed by atoms with Gasteiger partial charge in [0, 0.05) is 19.0 Å². The van der Waals surface area contributed by atoms with Crippen LogP contribution in [-0.2, 0) is 14.8 Å². The Kier molecular flexibility index (Phi) is 3.98. The van der Waals surface area contributed by atoms with E-state index in [4.69, 9.17) is 10.5 Å². The highest BCUT2D eigenvalue weighted by molar-refractivity contribution is 7.89. The Balaban J connectivity index is 2.29. The number of anilines is 1. The Bertz CT molecular complexity index is 630. The minimum absolute atomic E-state index is 0.0566. The number of hydrogen-bond acceptors (Lipinski definition) is 5. The van der Waals surface area contributed by atoms with Crippen molar-refractivity contribution in [3.8, 4) is 5.75 Å². The summed E-state index contributed by atoms with van der Waals surface area (Å²) in [6.45, 7) is 1.34. The number of methoxy groups -OCH3 is 1. The molecule has 1 aromatic carbocycles. The van der Waals surface area contributed by atoms with Gasteiger partial charge in [-0.05, 0) is 24.6 Å². The van der Waals surface area contributed by atoms with Crippen molar-refractivity contribution >= 4 is 21.6 Å². The molecular weight excluding hydrogens is 282 g/mol. The van der Waals surface area contributed by atoms with Crippen LogP contribution in [0, 0.1) is 0 Å². The summed E-state index contributed by atoms with van der Waals surface area (Å²) in [4.78, 5) is 11.2. The number of hydrogen-bond donors (Lipinski definition) is 3.